The number of anilines is 1. The molecule has 7 nitrogen and oxygen atoms in total. The molecule has 0 aliphatic carbocycles. The second-order valence-corrected chi connectivity index (χ2v) is 5.58. The highest BCUT2D eigenvalue weighted by molar-refractivity contribution is 5.59. The predicted octanol–water partition coefficient (Wildman–Crippen LogP) is 1.60. The maximum absolute atomic E-state index is 11.0. The van der Waals surface area contributed by atoms with Crippen LogP contribution in [0.25, 0.3) is 0 Å². The summed E-state index contributed by atoms with van der Waals surface area (Å²) in [7, 11) is 0. The summed E-state index contributed by atoms with van der Waals surface area (Å²) in [5.41, 5.74) is 0.496. The minimum Gasteiger partial charge on any atom is -0.353 e. The summed E-state index contributed by atoms with van der Waals surface area (Å²) in [4.78, 5) is 16.8. The maximum Gasteiger partial charge on any atom is 0.291 e. The molecule has 1 saturated heterocycles. The quantitative estimate of drug-likeness (QED) is 0.671. The molecule has 1 aromatic heterocycles. The highest BCUT2D eigenvalue weighted by Gasteiger charge is 2.26. The number of nitrogens with zero attached hydrogens (tertiary/aromatic N) is 4. The molecule has 0 saturated carbocycles. The summed E-state index contributed by atoms with van der Waals surface area (Å²) >= 11 is 0. The minimum atomic E-state index is -0.498. The summed E-state index contributed by atoms with van der Waals surface area (Å²) < 4.78 is 0. The topological polar surface area (TPSA) is 95.1 Å². The lowest BCUT2D eigenvalue weighted by molar-refractivity contribution is -0.385. The molecular weight excluding hydrogens is 270 g/mol. The van der Waals surface area contributed by atoms with Gasteiger partial charge >= 0.3 is 0 Å². The summed E-state index contributed by atoms with van der Waals surface area (Å²) in [6.07, 6.45) is 0. The minimum absolute atomic E-state index is 0.106. The van der Waals surface area contributed by atoms with E-state index in [0.29, 0.717) is 23.5 Å². The zero-order valence-electron chi connectivity index (χ0n) is 12.5. The van der Waals surface area contributed by atoms with Gasteiger partial charge in [-0.05, 0) is 12.8 Å². The van der Waals surface area contributed by atoms with Gasteiger partial charge in [0.25, 0.3) is 5.69 Å². The van der Waals surface area contributed by atoms with Crippen LogP contribution in [-0.4, -0.2) is 35.6 Å². The van der Waals surface area contributed by atoms with E-state index in [2.05, 4.69) is 24.1 Å². The van der Waals surface area contributed by atoms with Gasteiger partial charge < -0.3 is 10.2 Å². The van der Waals surface area contributed by atoms with Gasteiger partial charge in [0.15, 0.2) is 0 Å². The zero-order valence-corrected chi connectivity index (χ0v) is 12.5. The van der Waals surface area contributed by atoms with E-state index in [0.717, 1.165) is 19.6 Å². The first-order valence-corrected chi connectivity index (χ1v) is 6.98. The monoisotopic (exact) mass is 289 g/mol. The van der Waals surface area contributed by atoms with Crippen molar-refractivity contribution in [3.63, 3.8) is 0 Å². The Morgan fingerprint density at radius 1 is 1.62 bits per heavy atom. The van der Waals surface area contributed by atoms with Crippen LogP contribution in [0.5, 0.6) is 0 Å². The molecule has 21 heavy (non-hydrogen) atoms. The number of aryl methyl sites for hydroxylation is 1. The lowest BCUT2D eigenvalue weighted by Crippen LogP contribution is -2.53. The van der Waals surface area contributed by atoms with Gasteiger partial charge in [-0.1, -0.05) is 13.8 Å². The number of pyridine rings is 1. The fraction of sp³-hybridized carbons (Fsp3) is 0.571. The van der Waals surface area contributed by atoms with Crippen molar-refractivity contribution >= 4 is 11.5 Å². The molecule has 0 radical (unpaired) electrons. The van der Waals surface area contributed by atoms with E-state index >= 15 is 0 Å². The second kappa shape index (κ2) is 6.06. The van der Waals surface area contributed by atoms with Gasteiger partial charge in [-0.2, -0.15) is 5.26 Å². The molecule has 0 aromatic carbocycles. The van der Waals surface area contributed by atoms with Crippen LogP contribution in [0.2, 0.25) is 0 Å². The SMILES string of the molecule is Cc1nc(N2CCNC(C(C)C)C2)c(C#N)cc1[N+](=O)[O-]. The molecule has 0 spiro atoms. The smallest absolute Gasteiger partial charge is 0.291 e. The average molecular weight is 289 g/mol. The molecule has 1 atom stereocenters. The third-order valence-electron chi connectivity index (χ3n) is 3.79. The molecule has 2 heterocycles. The number of piperazine rings is 1. The summed E-state index contributed by atoms with van der Waals surface area (Å²) in [6.45, 7) is 8.18. The highest BCUT2D eigenvalue weighted by atomic mass is 16.6. The van der Waals surface area contributed by atoms with Crippen LogP contribution >= 0.6 is 0 Å². The van der Waals surface area contributed by atoms with Crippen LogP contribution in [0, 0.1) is 34.3 Å². The largest absolute Gasteiger partial charge is 0.353 e. The zero-order chi connectivity index (χ0) is 15.6. The van der Waals surface area contributed by atoms with Crippen molar-refractivity contribution in [1.29, 1.82) is 5.26 Å². The third-order valence-corrected chi connectivity index (χ3v) is 3.79. The molecule has 1 N–H and O–H groups in total. The van der Waals surface area contributed by atoms with Gasteiger partial charge in [0.1, 0.15) is 23.1 Å². The van der Waals surface area contributed by atoms with Gasteiger partial charge in [0.05, 0.1) is 4.92 Å². The molecule has 1 aliphatic heterocycles. The first-order chi connectivity index (χ1) is 9.93. The number of hydrogen-bond donors (Lipinski definition) is 1. The number of nitro groups is 1. The Labute approximate surface area is 123 Å². The lowest BCUT2D eigenvalue weighted by atomic mass is 10.0. The third kappa shape index (κ3) is 3.11. The highest BCUT2D eigenvalue weighted by Crippen LogP contribution is 2.26. The molecule has 2 rings (SSSR count). The van der Waals surface area contributed by atoms with Crippen LogP contribution in [0.15, 0.2) is 6.07 Å². The van der Waals surface area contributed by atoms with E-state index < -0.39 is 4.92 Å². The number of aromatic nitrogens is 1. The predicted molar refractivity (Wildman–Crippen MR) is 79.2 cm³/mol. The Balaban J connectivity index is 2.37. The van der Waals surface area contributed by atoms with Gasteiger partial charge in [-0.3, -0.25) is 10.1 Å². The van der Waals surface area contributed by atoms with Gasteiger partial charge in [0, 0.05) is 31.7 Å². The summed E-state index contributed by atoms with van der Waals surface area (Å²) in [5, 5.41) is 23.7. The van der Waals surface area contributed by atoms with Crippen LogP contribution < -0.4 is 10.2 Å². The molecule has 1 fully saturated rings. The fourth-order valence-corrected chi connectivity index (χ4v) is 2.51. The molecule has 0 amide bonds. The van der Waals surface area contributed by atoms with E-state index in [-0.39, 0.29) is 11.3 Å². The Morgan fingerprint density at radius 2 is 2.33 bits per heavy atom. The number of nitriles is 1. The number of nitrogens with one attached hydrogen (secondary N) is 1. The second-order valence-electron chi connectivity index (χ2n) is 5.58. The maximum atomic E-state index is 11.0. The lowest BCUT2D eigenvalue weighted by Gasteiger charge is -2.36. The molecule has 112 valence electrons. The summed E-state index contributed by atoms with van der Waals surface area (Å²) in [6, 6.07) is 3.68. The molecular formula is C14H19N5O2. The average Bonchev–Trinajstić information content (AvgIpc) is 2.46. The molecule has 1 aliphatic rings. The van der Waals surface area contributed by atoms with Gasteiger partial charge in [-0.15, -0.1) is 0 Å². The van der Waals surface area contributed by atoms with Crippen molar-refractivity contribution < 1.29 is 4.92 Å². The van der Waals surface area contributed by atoms with Crippen molar-refractivity contribution in [3.8, 4) is 6.07 Å². The van der Waals surface area contributed by atoms with E-state index in [9.17, 15) is 15.4 Å². The first-order valence-electron chi connectivity index (χ1n) is 6.98. The fourth-order valence-electron chi connectivity index (χ4n) is 2.51. The van der Waals surface area contributed by atoms with Gasteiger partial charge in [-0.25, -0.2) is 4.98 Å². The van der Waals surface area contributed by atoms with Crippen molar-refractivity contribution in [2.45, 2.75) is 26.8 Å². The van der Waals surface area contributed by atoms with Crippen LogP contribution in [0.3, 0.4) is 0 Å². The first kappa shape index (κ1) is 15.2. The normalized spacial score (nSPS) is 18.6. The van der Waals surface area contributed by atoms with Crippen molar-refractivity contribution in [3.05, 3.63) is 27.4 Å². The molecule has 7 heteroatoms. The van der Waals surface area contributed by atoms with E-state index in [1.54, 1.807) is 6.92 Å². The van der Waals surface area contributed by atoms with E-state index in [1.165, 1.54) is 6.07 Å². The molecule has 0 bridgehead atoms. The molecule has 1 aromatic rings. The van der Waals surface area contributed by atoms with E-state index in [1.807, 2.05) is 11.0 Å². The van der Waals surface area contributed by atoms with Crippen LogP contribution in [0.4, 0.5) is 11.5 Å². The Kier molecular flexibility index (Phi) is 4.38. The van der Waals surface area contributed by atoms with Gasteiger partial charge in [0.2, 0.25) is 0 Å². The van der Waals surface area contributed by atoms with Crippen molar-refractivity contribution in [2.75, 3.05) is 24.5 Å². The number of hydrogen-bond acceptors (Lipinski definition) is 6. The Hall–Kier alpha value is -2.20. The van der Waals surface area contributed by atoms with Crippen LogP contribution in [-0.2, 0) is 0 Å². The molecule has 1 unspecified atom stereocenters. The van der Waals surface area contributed by atoms with Crippen molar-refractivity contribution in [1.82, 2.24) is 10.3 Å². The van der Waals surface area contributed by atoms with E-state index in [4.69, 9.17) is 0 Å². The Bertz CT molecular complexity index is 594. The Morgan fingerprint density at radius 3 is 2.90 bits per heavy atom. The standard InChI is InChI=1S/C14H19N5O2/c1-9(2)12-8-18(5-4-16-12)14-11(7-15)6-13(19(20)21)10(3)17-14/h6,9,12,16H,4-5,8H2,1-3H3. The van der Waals surface area contributed by atoms with Crippen LogP contribution in [0.1, 0.15) is 25.1 Å². The number of rotatable bonds is 3. The summed E-state index contributed by atoms with van der Waals surface area (Å²) in [5.74, 6) is 1.02. The van der Waals surface area contributed by atoms with Crippen molar-refractivity contribution in [2.24, 2.45) is 5.92 Å².